The van der Waals surface area contributed by atoms with Crippen molar-refractivity contribution in [3.63, 3.8) is 0 Å². The summed E-state index contributed by atoms with van der Waals surface area (Å²) >= 11 is 3.40. The van der Waals surface area contributed by atoms with Gasteiger partial charge in [0.05, 0.1) is 6.54 Å². The monoisotopic (exact) mass is 295 g/mol. The van der Waals surface area contributed by atoms with E-state index in [1.807, 2.05) is 24.3 Å². The smallest absolute Gasteiger partial charge is 0.176 e. The van der Waals surface area contributed by atoms with E-state index in [-0.39, 0.29) is 5.78 Å². The molecule has 1 fully saturated rings. The van der Waals surface area contributed by atoms with E-state index >= 15 is 0 Å². The molecule has 0 radical (unpaired) electrons. The summed E-state index contributed by atoms with van der Waals surface area (Å²) in [6.07, 6.45) is 5.07. The van der Waals surface area contributed by atoms with Crippen LogP contribution in [0, 0.1) is 0 Å². The summed E-state index contributed by atoms with van der Waals surface area (Å²) in [5, 5.41) is 0. The van der Waals surface area contributed by atoms with Gasteiger partial charge in [0.1, 0.15) is 0 Å². The van der Waals surface area contributed by atoms with Gasteiger partial charge in [-0.05, 0) is 38.1 Å². The number of likely N-dealkylation sites (tertiary alicyclic amines) is 1. The molecular weight excluding hydrogens is 278 g/mol. The number of benzene rings is 1. The summed E-state index contributed by atoms with van der Waals surface area (Å²) in [6.45, 7) is 2.70. The van der Waals surface area contributed by atoms with Gasteiger partial charge in [0, 0.05) is 10.0 Å². The predicted molar refractivity (Wildman–Crippen MR) is 73.4 cm³/mol. The Morgan fingerprint density at radius 1 is 1.18 bits per heavy atom. The average molecular weight is 296 g/mol. The molecule has 0 spiro atoms. The van der Waals surface area contributed by atoms with Crippen molar-refractivity contribution in [1.82, 2.24) is 4.90 Å². The van der Waals surface area contributed by atoms with Crippen molar-refractivity contribution < 1.29 is 4.79 Å². The highest BCUT2D eigenvalue weighted by molar-refractivity contribution is 9.10. The zero-order chi connectivity index (χ0) is 12.1. The van der Waals surface area contributed by atoms with E-state index in [0.717, 1.165) is 23.1 Å². The van der Waals surface area contributed by atoms with Crippen LogP contribution in [-0.2, 0) is 0 Å². The van der Waals surface area contributed by atoms with E-state index in [2.05, 4.69) is 20.8 Å². The van der Waals surface area contributed by atoms with Crippen LogP contribution in [0.25, 0.3) is 0 Å². The van der Waals surface area contributed by atoms with Gasteiger partial charge in [-0.3, -0.25) is 9.69 Å². The van der Waals surface area contributed by atoms with Gasteiger partial charge in [-0.25, -0.2) is 0 Å². The van der Waals surface area contributed by atoms with Crippen LogP contribution in [0.1, 0.15) is 36.0 Å². The summed E-state index contributed by atoms with van der Waals surface area (Å²) in [4.78, 5) is 14.4. The molecule has 92 valence electrons. The van der Waals surface area contributed by atoms with Crippen LogP contribution in [0.4, 0.5) is 0 Å². The lowest BCUT2D eigenvalue weighted by Crippen LogP contribution is -2.30. The predicted octanol–water partition coefficient (Wildman–Crippen LogP) is 3.51. The number of nitrogens with zero attached hydrogens (tertiary/aromatic N) is 1. The fourth-order valence-electron chi connectivity index (χ4n) is 2.25. The minimum absolute atomic E-state index is 0.230. The molecule has 1 aliphatic rings. The van der Waals surface area contributed by atoms with E-state index in [0.29, 0.717) is 6.54 Å². The number of halogens is 1. The highest BCUT2D eigenvalue weighted by Crippen LogP contribution is 2.14. The van der Waals surface area contributed by atoms with Gasteiger partial charge in [-0.15, -0.1) is 0 Å². The van der Waals surface area contributed by atoms with Crippen LogP contribution in [0.3, 0.4) is 0 Å². The molecule has 0 bridgehead atoms. The SMILES string of the molecule is O=C(CN1CCCCCC1)c1cccc(Br)c1. The average Bonchev–Trinajstić information content (AvgIpc) is 2.57. The van der Waals surface area contributed by atoms with E-state index < -0.39 is 0 Å². The van der Waals surface area contributed by atoms with Crippen molar-refractivity contribution in [3.8, 4) is 0 Å². The normalized spacial score (nSPS) is 17.7. The van der Waals surface area contributed by atoms with E-state index in [1.165, 1.54) is 25.7 Å². The maximum atomic E-state index is 12.1. The molecule has 3 heteroatoms. The Bertz CT molecular complexity index is 384. The van der Waals surface area contributed by atoms with Crippen molar-refractivity contribution in [2.24, 2.45) is 0 Å². The lowest BCUT2D eigenvalue weighted by atomic mass is 10.1. The maximum absolute atomic E-state index is 12.1. The molecule has 0 unspecified atom stereocenters. The van der Waals surface area contributed by atoms with Crippen molar-refractivity contribution in [2.45, 2.75) is 25.7 Å². The molecule has 0 saturated carbocycles. The zero-order valence-corrected chi connectivity index (χ0v) is 11.6. The number of rotatable bonds is 3. The number of carbonyl (C=O) groups is 1. The molecule has 2 rings (SSSR count). The molecule has 1 aromatic carbocycles. The first-order valence-corrected chi connectivity index (χ1v) is 7.06. The molecule has 0 atom stereocenters. The fourth-order valence-corrected chi connectivity index (χ4v) is 2.65. The molecule has 0 amide bonds. The minimum atomic E-state index is 0.230. The largest absolute Gasteiger partial charge is 0.296 e. The van der Waals surface area contributed by atoms with Crippen molar-refractivity contribution in [2.75, 3.05) is 19.6 Å². The first-order valence-electron chi connectivity index (χ1n) is 6.27. The van der Waals surface area contributed by atoms with Gasteiger partial charge in [0.25, 0.3) is 0 Å². The van der Waals surface area contributed by atoms with Crippen LogP contribution < -0.4 is 0 Å². The third-order valence-corrected chi connectivity index (χ3v) is 3.71. The first-order chi connectivity index (χ1) is 8.25. The Labute approximate surface area is 111 Å². The Hall–Kier alpha value is -0.670. The highest BCUT2D eigenvalue weighted by atomic mass is 79.9. The van der Waals surface area contributed by atoms with Gasteiger partial charge in [-0.2, -0.15) is 0 Å². The quantitative estimate of drug-likeness (QED) is 0.796. The Morgan fingerprint density at radius 3 is 2.53 bits per heavy atom. The van der Waals surface area contributed by atoms with Crippen molar-refractivity contribution in [3.05, 3.63) is 34.3 Å². The number of hydrogen-bond donors (Lipinski definition) is 0. The summed E-state index contributed by atoms with van der Waals surface area (Å²) in [5.41, 5.74) is 0.809. The standard InChI is InChI=1S/C14H18BrNO/c15-13-7-5-6-12(10-13)14(17)11-16-8-3-1-2-4-9-16/h5-7,10H,1-4,8-9,11H2. The molecule has 0 N–H and O–H groups in total. The summed E-state index contributed by atoms with van der Waals surface area (Å²) in [7, 11) is 0. The molecular formula is C14H18BrNO. The Kier molecular flexibility index (Phi) is 4.75. The third kappa shape index (κ3) is 3.93. The lowest BCUT2D eigenvalue weighted by Gasteiger charge is -2.18. The van der Waals surface area contributed by atoms with E-state index in [9.17, 15) is 4.79 Å². The van der Waals surface area contributed by atoms with Crippen LogP contribution >= 0.6 is 15.9 Å². The van der Waals surface area contributed by atoms with E-state index in [1.54, 1.807) is 0 Å². The van der Waals surface area contributed by atoms with Gasteiger partial charge < -0.3 is 0 Å². The molecule has 2 nitrogen and oxygen atoms in total. The van der Waals surface area contributed by atoms with Crippen LogP contribution in [-0.4, -0.2) is 30.3 Å². The molecule has 0 aliphatic carbocycles. The molecule has 0 aromatic heterocycles. The Morgan fingerprint density at radius 2 is 1.88 bits per heavy atom. The lowest BCUT2D eigenvalue weighted by molar-refractivity contribution is 0.0933. The molecule has 17 heavy (non-hydrogen) atoms. The third-order valence-electron chi connectivity index (χ3n) is 3.21. The number of ketones is 1. The molecule has 1 aromatic rings. The second kappa shape index (κ2) is 6.31. The topological polar surface area (TPSA) is 20.3 Å². The zero-order valence-electron chi connectivity index (χ0n) is 9.99. The Balaban J connectivity index is 1.96. The molecule has 1 heterocycles. The van der Waals surface area contributed by atoms with Gasteiger partial charge in [0.2, 0.25) is 0 Å². The van der Waals surface area contributed by atoms with Crippen LogP contribution in [0.2, 0.25) is 0 Å². The highest BCUT2D eigenvalue weighted by Gasteiger charge is 2.14. The second-order valence-electron chi connectivity index (χ2n) is 4.62. The van der Waals surface area contributed by atoms with E-state index in [4.69, 9.17) is 0 Å². The number of carbonyl (C=O) groups excluding carboxylic acids is 1. The number of hydrogen-bond acceptors (Lipinski definition) is 2. The van der Waals surface area contributed by atoms with Crippen LogP contribution in [0.5, 0.6) is 0 Å². The van der Waals surface area contributed by atoms with Gasteiger partial charge >= 0.3 is 0 Å². The van der Waals surface area contributed by atoms with Crippen molar-refractivity contribution >= 4 is 21.7 Å². The molecule has 1 saturated heterocycles. The fraction of sp³-hybridized carbons (Fsp3) is 0.500. The summed E-state index contributed by atoms with van der Waals surface area (Å²) in [5.74, 6) is 0.230. The van der Waals surface area contributed by atoms with Crippen LogP contribution in [0.15, 0.2) is 28.7 Å². The minimum Gasteiger partial charge on any atom is -0.296 e. The first kappa shape index (κ1) is 12.8. The second-order valence-corrected chi connectivity index (χ2v) is 5.54. The van der Waals surface area contributed by atoms with Crippen molar-refractivity contribution in [1.29, 1.82) is 0 Å². The van der Waals surface area contributed by atoms with Gasteiger partial charge in [0.15, 0.2) is 5.78 Å². The maximum Gasteiger partial charge on any atom is 0.176 e. The molecule has 1 aliphatic heterocycles. The summed E-state index contributed by atoms with van der Waals surface area (Å²) in [6, 6.07) is 7.66. The van der Waals surface area contributed by atoms with Gasteiger partial charge in [-0.1, -0.05) is 40.9 Å². The summed E-state index contributed by atoms with van der Waals surface area (Å²) < 4.78 is 0.971. The number of Topliss-reactive ketones (excluding diaryl/α,β-unsaturated/α-hetero) is 1.